The highest BCUT2D eigenvalue weighted by atomic mass is 16.5. The molecule has 3 rings (SSSR count). The summed E-state index contributed by atoms with van der Waals surface area (Å²) in [5, 5.41) is 23.1. The Kier molecular flexibility index (Phi) is 4.77. The van der Waals surface area contributed by atoms with Gasteiger partial charge in [0.05, 0.1) is 12.0 Å². The number of β-amino-alcohol motifs (C(OH)–C–C–N with tert-alkyl or cyclic N) is 1. The third-order valence-corrected chi connectivity index (χ3v) is 4.30. The third-order valence-electron chi connectivity index (χ3n) is 4.30. The lowest BCUT2D eigenvalue weighted by atomic mass is 9.97. The molecule has 1 aliphatic heterocycles. The summed E-state index contributed by atoms with van der Waals surface area (Å²) < 4.78 is 4.46. The molecule has 2 aromatic rings. The van der Waals surface area contributed by atoms with E-state index < -0.39 is 17.8 Å². The van der Waals surface area contributed by atoms with Gasteiger partial charge in [-0.05, 0) is 24.9 Å². The minimum atomic E-state index is -0.778. The van der Waals surface area contributed by atoms with E-state index in [1.165, 1.54) is 0 Å². The molecule has 0 bridgehead atoms. The summed E-state index contributed by atoms with van der Waals surface area (Å²) in [7, 11) is 0. The Labute approximate surface area is 137 Å². The number of benzene rings is 1. The summed E-state index contributed by atoms with van der Waals surface area (Å²) in [4.78, 5) is 26.5. The van der Waals surface area contributed by atoms with Crippen LogP contribution < -0.4 is 5.76 Å². The zero-order valence-corrected chi connectivity index (χ0v) is 13.0. The number of aromatic amines is 1. The summed E-state index contributed by atoms with van der Waals surface area (Å²) in [5.74, 6) is -1.42. The highest BCUT2D eigenvalue weighted by Gasteiger charge is 2.26. The Bertz CT molecular complexity index is 752. The monoisotopic (exact) mass is 333 g/mol. The van der Waals surface area contributed by atoms with Crippen molar-refractivity contribution in [3.63, 3.8) is 0 Å². The van der Waals surface area contributed by atoms with Gasteiger partial charge >= 0.3 is 11.7 Å². The summed E-state index contributed by atoms with van der Waals surface area (Å²) >= 11 is 0. The van der Waals surface area contributed by atoms with E-state index in [0.717, 1.165) is 18.5 Å². The summed E-state index contributed by atoms with van der Waals surface area (Å²) in [6, 6.07) is 6.99. The van der Waals surface area contributed by atoms with Crippen LogP contribution in [0.5, 0.6) is 0 Å². The van der Waals surface area contributed by atoms with Gasteiger partial charge in [0.1, 0.15) is 0 Å². The van der Waals surface area contributed by atoms with Gasteiger partial charge in [-0.15, -0.1) is 0 Å². The molecule has 24 heavy (non-hydrogen) atoms. The fourth-order valence-electron chi connectivity index (χ4n) is 2.99. The minimum absolute atomic E-state index is 0.335. The van der Waals surface area contributed by atoms with E-state index in [-0.39, 0.29) is 5.92 Å². The SMILES string of the molecule is O=C(O)C1CCCN(CC(O)c2ccc(-c3noc(=O)[nH]3)cc2)C1. The first-order chi connectivity index (χ1) is 11.5. The maximum Gasteiger partial charge on any atom is 0.439 e. The van der Waals surface area contributed by atoms with Gasteiger partial charge in [0.15, 0.2) is 5.82 Å². The fraction of sp³-hybridized carbons (Fsp3) is 0.438. The van der Waals surface area contributed by atoms with Crippen LogP contribution in [0.25, 0.3) is 11.4 Å². The van der Waals surface area contributed by atoms with Crippen LogP contribution in [0, 0.1) is 5.92 Å². The summed E-state index contributed by atoms with van der Waals surface area (Å²) in [6.45, 7) is 1.65. The zero-order valence-electron chi connectivity index (χ0n) is 13.0. The molecule has 8 heteroatoms. The van der Waals surface area contributed by atoms with E-state index in [2.05, 4.69) is 14.7 Å². The van der Waals surface area contributed by atoms with Crippen molar-refractivity contribution in [3.8, 4) is 11.4 Å². The summed E-state index contributed by atoms with van der Waals surface area (Å²) in [6.07, 6.45) is 0.803. The van der Waals surface area contributed by atoms with Gasteiger partial charge in [-0.1, -0.05) is 29.4 Å². The van der Waals surface area contributed by atoms with Crippen LogP contribution in [0.3, 0.4) is 0 Å². The Hall–Kier alpha value is -2.45. The summed E-state index contributed by atoms with van der Waals surface area (Å²) in [5.41, 5.74) is 1.41. The van der Waals surface area contributed by atoms with Crippen LogP contribution >= 0.6 is 0 Å². The predicted octanol–water partition coefficient (Wildman–Crippen LogP) is 0.860. The van der Waals surface area contributed by atoms with Crippen LogP contribution in [0.4, 0.5) is 0 Å². The van der Waals surface area contributed by atoms with Gasteiger partial charge in [-0.25, -0.2) is 4.79 Å². The third kappa shape index (κ3) is 3.72. The number of carbonyl (C=O) groups is 1. The average Bonchev–Trinajstić information content (AvgIpc) is 3.01. The van der Waals surface area contributed by atoms with Gasteiger partial charge < -0.3 is 10.2 Å². The molecule has 2 atom stereocenters. The van der Waals surface area contributed by atoms with Crippen molar-refractivity contribution in [2.75, 3.05) is 19.6 Å². The molecule has 2 heterocycles. The average molecular weight is 333 g/mol. The van der Waals surface area contributed by atoms with Crippen molar-refractivity contribution in [2.45, 2.75) is 18.9 Å². The van der Waals surface area contributed by atoms with Crippen molar-refractivity contribution in [1.82, 2.24) is 15.0 Å². The van der Waals surface area contributed by atoms with Crippen molar-refractivity contribution in [1.29, 1.82) is 0 Å². The number of hydrogen-bond acceptors (Lipinski definition) is 6. The number of aliphatic hydroxyl groups is 1. The topological polar surface area (TPSA) is 120 Å². The van der Waals surface area contributed by atoms with E-state index in [1.807, 2.05) is 4.90 Å². The standard InChI is InChI=1S/C16H19N3O5/c20-13(9-19-7-1-2-12(8-19)15(21)22)10-3-5-11(6-4-10)14-17-16(23)24-18-14/h3-6,12-13,20H,1-2,7-9H2,(H,21,22)(H,17,18,23). The van der Waals surface area contributed by atoms with Gasteiger partial charge in [-0.2, -0.15) is 0 Å². The Morgan fingerprint density at radius 1 is 1.42 bits per heavy atom. The van der Waals surface area contributed by atoms with E-state index in [1.54, 1.807) is 24.3 Å². The second kappa shape index (κ2) is 6.98. The molecule has 0 aliphatic carbocycles. The number of likely N-dealkylation sites (tertiary alicyclic amines) is 1. The lowest BCUT2D eigenvalue weighted by molar-refractivity contribution is -0.143. The molecule has 128 valence electrons. The number of carboxylic acids is 1. The molecule has 1 aromatic carbocycles. The lowest BCUT2D eigenvalue weighted by Crippen LogP contribution is -2.40. The van der Waals surface area contributed by atoms with Gasteiger partial charge in [0.2, 0.25) is 0 Å². The van der Waals surface area contributed by atoms with E-state index in [4.69, 9.17) is 5.11 Å². The lowest BCUT2D eigenvalue weighted by Gasteiger charge is -2.32. The highest BCUT2D eigenvalue weighted by Crippen LogP contribution is 2.22. The zero-order chi connectivity index (χ0) is 17.1. The highest BCUT2D eigenvalue weighted by molar-refractivity contribution is 5.70. The van der Waals surface area contributed by atoms with E-state index >= 15 is 0 Å². The maximum absolute atomic E-state index is 11.1. The predicted molar refractivity (Wildman–Crippen MR) is 84.3 cm³/mol. The molecule has 3 N–H and O–H groups in total. The van der Waals surface area contributed by atoms with Crippen LogP contribution in [0.2, 0.25) is 0 Å². The van der Waals surface area contributed by atoms with Crippen LogP contribution in [-0.4, -0.2) is 50.9 Å². The van der Waals surface area contributed by atoms with Crippen molar-refractivity contribution < 1.29 is 19.5 Å². The molecule has 1 aromatic heterocycles. The molecule has 0 saturated carbocycles. The van der Waals surface area contributed by atoms with Crippen molar-refractivity contribution in [3.05, 3.63) is 40.4 Å². The molecule has 0 amide bonds. The molecule has 2 unspecified atom stereocenters. The quantitative estimate of drug-likeness (QED) is 0.742. The minimum Gasteiger partial charge on any atom is -0.481 e. The number of piperidine rings is 1. The largest absolute Gasteiger partial charge is 0.481 e. The second-order valence-corrected chi connectivity index (χ2v) is 6.02. The number of hydrogen-bond donors (Lipinski definition) is 3. The normalized spacial score (nSPS) is 20.0. The van der Waals surface area contributed by atoms with Crippen molar-refractivity contribution in [2.24, 2.45) is 5.92 Å². The van der Waals surface area contributed by atoms with Gasteiger partial charge in [0, 0.05) is 18.7 Å². The number of rotatable bonds is 5. The molecule has 1 fully saturated rings. The van der Waals surface area contributed by atoms with Crippen LogP contribution in [0.1, 0.15) is 24.5 Å². The van der Waals surface area contributed by atoms with E-state index in [0.29, 0.717) is 30.9 Å². The first kappa shape index (κ1) is 16.4. The molecule has 1 aliphatic rings. The first-order valence-corrected chi connectivity index (χ1v) is 7.82. The van der Waals surface area contributed by atoms with Crippen LogP contribution in [0.15, 0.2) is 33.6 Å². The smallest absolute Gasteiger partial charge is 0.439 e. The molecule has 0 spiro atoms. The van der Waals surface area contributed by atoms with Gasteiger partial charge in [0.25, 0.3) is 0 Å². The van der Waals surface area contributed by atoms with Crippen molar-refractivity contribution >= 4 is 5.97 Å². The molecule has 0 radical (unpaired) electrons. The Morgan fingerprint density at radius 3 is 2.79 bits per heavy atom. The first-order valence-electron chi connectivity index (χ1n) is 7.82. The number of nitrogens with one attached hydrogen (secondary N) is 1. The molecular formula is C16H19N3O5. The number of carboxylic acid groups (broad SMARTS) is 1. The molecular weight excluding hydrogens is 314 g/mol. The Balaban J connectivity index is 1.63. The maximum atomic E-state index is 11.1. The number of H-pyrrole nitrogens is 1. The van der Waals surface area contributed by atoms with Gasteiger partial charge in [-0.3, -0.25) is 19.2 Å². The number of aliphatic carboxylic acids is 1. The molecule has 8 nitrogen and oxygen atoms in total. The Morgan fingerprint density at radius 2 is 2.17 bits per heavy atom. The number of aliphatic hydroxyl groups excluding tert-OH is 1. The second-order valence-electron chi connectivity index (χ2n) is 6.02. The number of aromatic nitrogens is 2. The fourth-order valence-corrected chi connectivity index (χ4v) is 2.99. The van der Waals surface area contributed by atoms with E-state index in [9.17, 15) is 14.7 Å². The molecule has 1 saturated heterocycles. The number of nitrogens with zero attached hydrogens (tertiary/aromatic N) is 2. The van der Waals surface area contributed by atoms with Crippen LogP contribution in [-0.2, 0) is 4.79 Å².